The molecule has 2 aromatic carbocycles. The van der Waals surface area contributed by atoms with Gasteiger partial charge in [-0.15, -0.1) is 10.2 Å². The number of carbonyl (C=O) groups is 1. The summed E-state index contributed by atoms with van der Waals surface area (Å²) >= 11 is 1.28. The average Bonchev–Trinajstić information content (AvgIpc) is 3.27. The van der Waals surface area contributed by atoms with Crippen molar-refractivity contribution in [2.24, 2.45) is 0 Å². The number of para-hydroxylation sites is 2. The van der Waals surface area contributed by atoms with E-state index < -0.39 is 0 Å². The summed E-state index contributed by atoms with van der Waals surface area (Å²) in [6.07, 6.45) is 0. The van der Waals surface area contributed by atoms with Crippen LogP contribution in [-0.4, -0.2) is 26.4 Å². The van der Waals surface area contributed by atoms with Crippen LogP contribution in [0.4, 0.5) is 5.69 Å². The number of aromatic nitrogens is 3. The first kappa shape index (κ1) is 18.8. The molecule has 144 valence electrons. The first-order chi connectivity index (χ1) is 14.1. The summed E-state index contributed by atoms with van der Waals surface area (Å²) in [5.41, 5.74) is 3.02. The molecule has 0 unspecified atom stereocenters. The maximum Gasteiger partial charge on any atom is 0.234 e. The lowest BCUT2D eigenvalue weighted by atomic mass is 10.2. The van der Waals surface area contributed by atoms with Crippen LogP contribution in [0.2, 0.25) is 0 Å². The Morgan fingerprint density at radius 1 is 1.17 bits per heavy atom. The summed E-state index contributed by atoms with van der Waals surface area (Å²) in [6, 6.07) is 17.1. The molecule has 2 aromatic heterocycles. The maximum absolute atomic E-state index is 12.6. The zero-order valence-electron chi connectivity index (χ0n) is 15.8. The van der Waals surface area contributed by atoms with E-state index >= 15 is 0 Å². The first-order valence-electron chi connectivity index (χ1n) is 8.91. The van der Waals surface area contributed by atoms with Crippen molar-refractivity contribution in [1.82, 2.24) is 14.8 Å². The molecule has 0 spiro atoms. The monoisotopic (exact) mass is 403 g/mol. The molecule has 0 radical (unpaired) electrons. The van der Waals surface area contributed by atoms with Gasteiger partial charge in [0.05, 0.1) is 11.4 Å². The van der Waals surface area contributed by atoms with Crippen LogP contribution in [0, 0.1) is 25.2 Å². The predicted octanol–water partition coefficient (Wildman–Crippen LogP) is 4.23. The summed E-state index contributed by atoms with van der Waals surface area (Å²) in [4.78, 5) is 12.6. The topological polar surface area (TPSA) is 96.7 Å². The number of nitrogens with zero attached hydrogens (tertiary/aromatic N) is 4. The van der Waals surface area contributed by atoms with Crippen molar-refractivity contribution in [2.75, 3.05) is 11.1 Å². The molecule has 1 amide bonds. The van der Waals surface area contributed by atoms with Gasteiger partial charge in [-0.05, 0) is 37.6 Å². The lowest BCUT2D eigenvalue weighted by Gasteiger charge is -2.11. The number of nitriles is 1. The molecule has 4 aromatic rings. The highest BCUT2D eigenvalue weighted by atomic mass is 32.2. The largest absolute Gasteiger partial charge is 0.443 e. The molecule has 0 saturated heterocycles. The lowest BCUT2D eigenvalue weighted by molar-refractivity contribution is -0.113. The van der Waals surface area contributed by atoms with E-state index in [9.17, 15) is 10.1 Å². The van der Waals surface area contributed by atoms with Crippen LogP contribution >= 0.6 is 11.8 Å². The molecule has 2 heterocycles. The minimum Gasteiger partial charge on any atom is -0.443 e. The highest BCUT2D eigenvalue weighted by Crippen LogP contribution is 2.31. The van der Waals surface area contributed by atoms with Crippen LogP contribution in [0.1, 0.15) is 17.1 Å². The van der Waals surface area contributed by atoms with E-state index in [2.05, 4.69) is 15.5 Å². The molecule has 7 nitrogen and oxygen atoms in total. The Bertz CT molecular complexity index is 1250. The highest BCUT2D eigenvalue weighted by molar-refractivity contribution is 7.99. The zero-order chi connectivity index (χ0) is 20.4. The van der Waals surface area contributed by atoms with Gasteiger partial charge in [0.2, 0.25) is 11.7 Å². The summed E-state index contributed by atoms with van der Waals surface area (Å²) in [6.45, 7) is 3.89. The molecule has 0 saturated carbocycles. The molecule has 0 bridgehead atoms. The zero-order valence-corrected chi connectivity index (χ0v) is 16.7. The summed E-state index contributed by atoms with van der Waals surface area (Å²) < 4.78 is 7.43. The summed E-state index contributed by atoms with van der Waals surface area (Å²) in [5.74, 6) is 0.697. The number of rotatable bonds is 5. The Morgan fingerprint density at radius 3 is 2.72 bits per heavy atom. The third kappa shape index (κ3) is 3.60. The minimum absolute atomic E-state index is 0.0865. The van der Waals surface area contributed by atoms with Gasteiger partial charge in [0.15, 0.2) is 5.16 Å². The lowest BCUT2D eigenvalue weighted by Crippen LogP contribution is -2.15. The SMILES string of the molecule is Cc1ccccc1-n1c(C)nnc1SCC(=O)Nc1c(C#N)oc2ccccc12. The number of anilines is 1. The third-order valence-corrected chi connectivity index (χ3v) is 5.37. The smallest absolute Gasteiger partial charge is 0.234 e. The van der Waals surface area contributed by atoms with Gasteiger partial charge >= 0.3 is 0 Å². The maximum atomic E-state index is 12.6. The minimum atomic E-state index is -0.255. The fourth-order valence-corrected chi connectivity index (χ4v) is 3.87. The average molecular weight is 403 g/mol. The van der Waals surface area contributed by atoms with Gasteiger partial charge in [-0.2, -0.15) is 5.26 Å². The quantitative estimate of drug-likeness (QED) is 0.501. The van der Waals surface area contributed by atoms with Crippen LogP contribution < -0.4 is 5.32 Å². The number of hydrogen-bond acceptors (Lipinski definition) is 6. The van der Waals surface area contributed by atoms with Crippen LogP contribution in [0.3, 0.4) is 0 Å². The molecular weight excluding hydrogens is 386 g/mol. The number of hydrogen-bond donors (Lipinski definition) is 1. The molecule has 8 heteroatoms. The van der Waals surface area contributed by atoms with Crippen LogP contribution in [0.25, 0.3) is 16.7 Å². The second-order valence-corrected chi connectivity index (χ2v) is 7.35. The molecule has 0 aliphatic heterocycles. The molecule has 0 fully saturated rings. The van der Waals surface area contributed by atoms with Crippen molar-refractivity contribution in [1.29, 1.82) is 5.26 Å². The number of thioether (sulfide) groups is 1. The van der Waals surface area contributed by atoms with Crippen molar-refractivity contribution >= 4 is 34.3 Å². The summed E-state index contributed by atoms with van der Waals surface area (Å²) in [5, 5.41) is 21.8. The van der Waals surface area contributed by atoms with Gasteiger partial charge in [0, 0.05) is 5.39 Å². The van der Waals surface area contributed by atoms with E-state index in [1.54, 1.807) is 12.1 Å². The van der Waals surface area contributed by atoms with E-state index in [-0.39, 0.29) is 17.4 Å². The van der Waals surface area contributed by atoms with Gasteiger partial charge in [-0.1, -0.05) is 42.1 Å². The Hall–Kier alpha value is -3.57. The van der Waals surface area contributed by atoms with Crippen LogP contribution in [-0.2, 0) is 4.79 Å². The van der Waals surface area contributed by atoms with E-state index in [0.717, 1.165) is 17.1 Å². The number of carbonyl (C=O) groups excluding carboxylic acids is 1. The number of nitrogens with one attached hydrogen (secondary N) is 1. The number of amides is 1. The second-order valence-electron chi connectivity index (χ2n) is 6.40. The fourth-order valence-electron chi connectivity index (χ4n) is 3.08. The van der Waals surface area contributed by atoms with Crippen molar-refractivity contribution in [3.8, 4) is 11.8 Å². The van der Waals surface area contributed by atoms with Gasteiger partial charge in [0.25, 0.3) is 0 Å². The fraction of sp³-hybridized carbons (Fsp3) is 0.143. The number of benzene rings is 2. The van der Waals surface area contributed by atoms with E-state index in [1.165, 1.54) is 11.8 Å². The molecule has 0 aliphatic rings. The number of furan rings is 1. The molecule has 4 rings (SSSR count). The molecule has 1 N–H and O–H groups in total. The van der Waals surface area contributed by atoms with Crippen LogP contribution in [0.15, 0.2) is 58.1 Å². The highest BCUT2D eigenvalue weighted by Gasteiger charge is 2.18. The van der Waals surface area contributed by atoms with Gasteiger partial charge in [-0.3, -0.25) is 9.36 Å². The standard InChI is InChI=1S/C21H17N5O2S/c1-13-7-3-5-9-16(13)26-14(2)24-25-21(26)29-12-19(27)23-20-15-8-4-6-10-17(15)28-18(20)11-22/h3-10H,12H2,1-2H3,(H,23,27). The Balaban J connectivity index is 1.54. The molecule has 0 atom stereocenters. The summed E-state index contributed by atoms with van der Waals surface area (Å²) in [7, 11) is 0. The van der Waals surface area contributed by atoms with Gasteiger partial charge in [-0.25, -0.2) is 0 Å². The molecule has 0 aliphatic carbocycles. The molecule has 29 heavy (non-hydrogen) atoms. The first-order valence-corrected chi connectivity index (χ1v) is 9.89. The third-order valence-electron chi connectivity index (χ3n) is 4.45. The normalized spacial score (nSPS) is 10.8. The van der Waals surface area contributed by atoms with Crippen molar-refractivity contribution in [2.45, 2.75) is 19.0 Å². The Kier molecular flexibility index (Phi) is 5.06. The Labute approximate surface area is 171 Å². The number of aryl methyl sites for hydroxylation is 2. The van der Waals surface area contributed by atoms with E-state index in [4.69, 9.17) is 4.42 Å². The van der Waals surface area contributed by atoms with Crippen molar-refractivity contribution < 1.29 is 9.21 Å². The van der Waals surface area contributed by atoms with Crippen molar-refractivity contribution in [3.05, 3.63) is 65.7 Å². The predicted molar refractivity (Wildman–Crippen MR) is 111 cm³/mol. The van der Waals surface area contributed by atoms with Gasteiger partial charge in [0.1, 0.15) is 23.2 Å². The number of fused-ring (bicyclic) bond motifs is 1. The van der Waals surface area contributed by atoms with E-state index in [1.807, 2.05) is 60.9 Å². The van der Waals surface area contributed by atoms with Crippen molar-refractivity contribution in [3.63, 3.8) is 0 Å². The Morgan fingerprint density at radius 2 is 1.93 bits per heavy atom. The van der Waals surface area contributed by atoms with Crippen LogP contribution in [0.5, 0.6) is 0 Å². The second kappa shape index (κ2) is 7.81. The van der Waals surface area contributed by atoms with E-state index in [0.29, 0.717) is 21.8 Å². The molecular formula is C21H17N5O2S. The van der Waals surface area contributed by atoms with Gasteiger partial charge < -0.3 is 9.73 Å².